The van der Waals surface area contributed by atoms with Gasteiger partial charge >= 0.3 is 29.4 Å². The lowest BCUT2D eigenvalue weighted by Gasteiger charge is -2.11. The van der Waals surface area contributed by atoms with Crippen molar-refractivity contribution in [3.8, 4) is 0 Å². The third-order valence-corrected chi connectivity index (χ3v) is 4.66. The van der Waals surface area contributed by atoms with Crippen LogP contribution in [0.25, 0.3) is 0 Å². The maximum atomic E-state index is 10.4. The van der Waals surface area contributed by atoms with Crippen LogP contribution in [0.2, 0.25) is 0 Å². The van der Waals surface area contributed by atoms with Gasteiger partial charge in [-0.25, -0.2) is 23.5 Å². The number of carbonyl (C=O) groups is 1. The molecule has 22 heavy (non-hydrogen) atoms. The first kappa shape index (κ1) is 21.0. The van der Waals surface area contributed by atoms with Crippen LogP contribution in [0.3, 0.4) is 0 Å². The zero-order chi connectivity index (χ0) is 17.6. The Morgan fingerprint density at radius 2 is 1.41 bits per heavy atom. The van der Waals surface area contributed by atoms with E-state index in [0.717, 1.165) is 0 Å². The first-order valence-corrected chi connectivity index (χ1v) is 9.28. The molecular weight excluding hydrogens is 371 g/mol. The topological polar surface area (TPSA) is 221 Å². The van der Waals surface area contributed by atoms with Crippen molar-refractivity contribution < 1.29 is 56.7 Å². The molecule has 1 heterocycles. The van der Waals surface area contributed by atoms with Gasteiger partial charge in [0.1, 0.15) is 5.69 Å². The molecule has 16 heteroatoms. The van der Waals surface area contributed by atoms with Crippen molar-refractivity contribution in [3.63, 3.8) is 0 Å². The highest BCUT2D eigenvalue weighted by molar-refractivity contribution is 7.66. The molecule has 0 aliphatic carbocycles. The van der Waals surface area contributed by atoms with E-state index in [9.17, 15) is 18.5 Å². The number of phosphoric acid groups is 3. The fraction of sp³-hybridized carbons (Fsp3) is 0. The minimum Gasteiger partial charge on any atom is -0.477 e. The van der Waals surface area contributed by atoms with E-state index >= 15 is 0 Å². The van der Waals surface area contributed by atoms with Gasteiger partial charge in [-0.2, -0.15) is 8.62 Å². The molecule has 0 radical (unpaired) electrons. The Morgan fingerprint density at radius 1 is 0.955 bits per heavy atom. The third kappa shape index (κ3) is 11.7. The van der Waals surface area contributed by atoms with Gasteiger partial charge in [-0.3, -0.25) is 0 Å². The Morgan fingerprint density at radius 3 is 1.64 bits per heavy atom. The lowest BCUT2D eigenvalue weighted by atomic mass is 10.4. The molecule has 0 aromatic carbocycles. The van der Waals surface area contributed by atoms with Gasteiger partial charge in [0.2, 0.25) is 0 Å². The summed E-state index contributed by atoms with van der Waals surface area (Å²) in [4.78, 5) is 53.9. The molecular formula is C6H10NO12P3. The van der Waals surface area contributed by atoms with Crippen molar-refractivity contribution in [3.05, 3.63) is 30.1 Å². The number of hydrogen-bond donors (Lipinski definition) is 6. The van der Waals surface area contributed by atoms with Crippen LogP contribution in [-0.4, -0.2) is 40.5 Å². The van der Waals surface area contributed by atoms with E-state index in [1.54, 1.807) is 12.1 Å². The fourth-order valence-electron chi connectivity index (χ4n) is 0.773. The van der Waals surface area contributed by atoms with Gasteiger partial charge in [-0.15, -0.1) is 0 Å². The highest BCUT2D eigenvalue weighted by atomic mass is 31.3. The average Bonchev–Trinajstić information content (AvgIpc) is 2.24. The number of hydrogen-bond acceptors (Lipinski definition) is 7. The summed E-state index contributed by atoms with van der Waals surface area (Å²) in [6.45, 7) is 0. The fourth-order valence-corrected chi connectivity index (χ4v) is 3.31. The molecule has 0 unspecified atom stereocenters. The van der Waals surface area contributed by atoms with E-state index in [1.165, 1.54) is 12.3 Å². The van der Waals surface area contributed by atoms with Crippen LogP contribution in [-0.2, 0) is 22.3 Å². The number of aromatic carboxylic acids is 1. The van der Waals surface area contributed by atoms with E-state index < -0.39 is 29.4 Å². The third-order valence-electron chi connectivity index (χ3n) is 1.30. The molecule has 0 bridgehead atoms. The summed E-state index contributed by atoms with van der Waals surface area (Å²) >= 11 is 0. The molecule has 0 aliphatic rings. The van der Waals surface area contributed by atoms with Crippen molar-refractivity contribution in [1.82, 2.24) is 4.98 Å². The molecule has 0 aliphatic heterocycles. The Balaban J connectivity index is 0.000000425. The van der Waals surface area contributed by atoms with E-state index in [1.807, 2.05) is 0 Å². The maximum absolute atomic E-state index is 10.4. The Bertz CT molecular complexity index is 606. The predicted octanol–water partition coefficient (Wildman–Crippen LogP) is 0.0852. The SMILES string of the molecule is O=C(O)c1ccccn1.O=P(O)(O)OP(=O)(O)OP(=O)(O)O. The van der Waals surface area contributed by atoms with Crippen molar-refractivity contribution in [1.29, 1.82) is 0 Å². The molecule has 1 aromatic heterocycles. The van der Waals surface area contributed by atoms with Crippen molar-refractivity contribution in [2.24, 2.45) is 0 Å². The summed E-state index contributed by atoms with van der Waals surface area (Å²) in [5, 5.41) is 8.32. The minimum absolute atomic E-state index is 0.0810. The summed E-state index contributed by atoms with van der Waals surface area (Å²) in [6.07, 6.45) is 1.45. The smallest absolute Gasteiger partial charge is 0.477 e. The summed E-state index contributed by atoms with van der Waals surface area (Å²) in [6, 6.07) is 4.76. The predicted molar refractivity (Wildman–Crippen MR) is 67.3 cm³/mol. The highest BCUT2D eigenvalue weighted by Gasteiger charge is 2.38. The molecule has 0 amide bonds. The van der Waals surface area contributed by atoms with Gasteiger partial charge in [0.15, 0.2) is 0 Å². The molecule has 1 rings (SSSR count). The second-order valence-corrected chi connectivity index (χ2v) is 7.34. The normalized spacial score (nSPS) is 12.2. The van der Waals surface area contributed by atoms with E-state index in [4.69, 9.17) is 29.6 Å². The molecule has 0 spiro atoms. The lowest BCUT2D eigenvalue weighted by Crippen LogP contribution is -1.97. The van der Waals surface area contributed by atoms with Crippen LogP contribution in [0.1, 0.15) is 10.5 Å². The Kier molecular flexibility index (Phi) is 7.69. The molecule has 0 saturated heterocycles. The monoisotopic (exact) mass is 381 g/mol. The van der Waals surface area contributed by atoms with Crippen LogP contribution < -0.4 is 0 Å². The Labute approximate surface area is 122 Å². The summed E-state index contributed by atoms with van der Waals surface area (Å²) in [5.74, 6) is -0.990. The van der Waals surface area contributed by atoms with Crippen molar-refractivity contribution in [2.75, 3.05) is 0 Å². The number of carboxylic acid groups (broad SMARTS) is 1. The maximum Gasteiger partial charge on any atom is 0.490 e. The summed E-state index contributed by atoms with van der Waals surface area (Å²) < 4.78 is 36.4. The molecule has 6 N–H and O–H groups in total. The molecule has 1 aromatic rings. The van der Waals surface area contributed by atoms with Gasteiger partial charge in [0.05, 0.1) is 0 Å². The molecule has 0 saturated carbocycles. The zero-order valence-electron chi connectivity index (χ0n) is 10.2. The minimum atomic E-state index is -5.46. The van der Waals surface area contributed by atoms with Gasteiger partial charge in [-0.1, -0.05) is 6.07 Å². The number of nitrogens with zero attached hydrogens (tertiary/aromatic N) is 1. The molecule has 0 atom stereocenters. The first-order valence-electron chi connectivity index (χ1n) is 4.73. The number of pyridine rings is 1. The Hall–Kier alpha value is -0.970. The quantitative estimate of drug-likeness (QED) is 0.372. The lowest BCUT2D eigenvalue weighted by molar-refractivity contribution is 0.0690. The highest BCUT2D eigenvalue weighted by Crippen LogP contribution is 2.64. The standard InChI is InChI=1S/C6H5NO2.H5O10P3/c8-6(9)5-3-1-2-4-7-5;1-11(2,3)9-13(7,8)10-12(4,5)6/h1-4H,(H,8,9);(H,7,8)(H2,1,2,3)(H2,4,5,6). The molecule has 126 valence electrons. The van der Waals surface area contributed by atoms with Crippen LogP contribution in [0.15, 0.2) is 24.4 Å². The number of rotatable bonds is 5. The van der Waals surface area contributed by atoms with Crippen LogP contribution in [0.5, 0.6) is 0 Å². The van der Waals surface area contributed by atoms with Gasteiger partial charge in [0, 0.05) is 6.20 Å². The molecule has 0 fully saturated rings. The zero-order valence-corrected chi connectivity index (χ0v) is 12.9. The number of aromatic nitrogens is 1. The van der Waals surface area contributed by atoms with Crippen LogP contribution >= 0.6 is 23.5 Å². The summed E-state index contributed by atoms with van der Waals surface area (Å²) in [5.41, 5.74) is 0.0810. The second kappa shape index (κ2) is 8.04. The summed E-state index contributed by atoms with van der Waals surface area (Å²) in [7, 11) is -16.2. The van der Waals surface area contributed by atoms with Crippen molar-refractivity contribution >= 4 is 29.4 Å². The van der Waals surface area contributed by atoms with Gasteiger partial charge in [-0.05, 0) is 12.1 Å². The largest absolute Gasteiger partial charge is 0.490 e. The van der Waals surface area contributed by atoms with Crippen LogP contribution in [0, 0.1) is 0 Å². The van der Waals surface area contributed by atoms with Gasteiger partial charge < -0.3 is 29.6 Å². The second-order valence-electron chi connectivity index (χ2n) is 3.13. The van der Waals surface area contributed by atoms with Crippen LogP contribution in [0.4, 0.5) is 0 Å². The first-order chi connectivity index (χ1) is 9.72. The molecule has 13 nitrogen and oxygen atoms in total. The number of carboxylic acids is 1. The van der Waals surface area contributed by atoms with E-state index in [-0.39, 0.29) is 5.69 Å². The van der Waals surface area contributed by atoms with Crippen molar-refractivity contribution in [2.45, 2.75) is 0 Å². The van der Waals surface area contributed by atoms with Gasteiger partial charge in [0.25, 0.3) is 0 Å². The van der Waals surface area contributed by atoms with E-state index in [2.05, 4.69) is 13.6 Å². The average molecular weight is 381 g/mol. The van der Waals surface area contributed by atoms with E-state index in [0.29, 0.717) is 0 Å².